The second-order valence-corrected chi connectivity index (χ2v) is 10.3. The molecule has 1 atom stereocenters. The molecule has 0 radical (unpaired) electrons. The molecule has 1 saturated heterocycles. The summed E-state index contributed by atoms with van der Waals surface area (Å²) in [6.45, 7) is -0.0708. The predicted octanol–water partition coefficient (Wildman–Crippen LogP) is 2.60. The number of thioether (sulfide) groups is 1. The van der Waals surface area contributed by atoms with E-state index in [1.165, 1.54) is 49.0 Å². The summed E-state index contributed by atoms with van der Waals surface area (Å²) in [6.07, 6.45) is 3.17. The summed E-state index contributed by atoms with van der Waals surface area (Å²) in [5.74, 6) is 0.106. The Morgan fingerprint density at radius 3 is 2.61 bits per heavy atom. The lowest BCUT2D eigenvalue weighted by Gasteiger charge is -2.21. The first-order chi connectivity index (χ1) is 14.8. The Labute approximate surface area is 186 Å². The number of benzene rings is 2. The number of carbonyl (C=O) groups excluding carboxylic acids is 2. The third kappa shape index (κ3) is 5.75. The van der Waals surface area contributed by atoms with E-state index < -0.39 is 22.0 Å². The molecule has 164 valence electrons. The van der Waals surface area contributed by atoms with Gasteiger partial charge in [0, 0.05) is 25.9 Å². The van der Waals surface area contributed by atoms with Crippen LogP contribution < -0.4 is 0 Å². The minimum absolute atomic E-state index is 0.0708. The number of carbonyl (C=O) groups is 2. The van der Waals surface area contributed by atoms with Gasteiger partial charge in [0.05, 0.1) is 10.8 Å². The molecule has 0 aromatic heterocycles. The van der Waals surface area contributed by atoms with Crippen LogP contribution in [0.15, 0.2) is 65.6 Å². The van der Waals surface area contributed by atoms with Crippen molar-refractivity contribution in [3.05, 3.63) is 71.8 Å². The van der Waals surface area contributed by atoms with Crippen LogP contribution in [0.1, 0.15) is 11.1 Å². The second kappa shape index (κ2) is 10.1. The molecule has 2 aromatic rings. The van der Waals surface area contributed by atoms with Crippen LogP contribution in [0.2, 0.25) is 0 Å². The van der Waals surface area contributed by atoms with E-state index in [2.05, 4.69) is 0 Å². The van der Waals surface area contributed by atoms with E-state index in [-0.39, 0.29) is 17.4 Å². The normalized spacial score (nSPS) is 16.7. The highest BCUT2D eigenvalue weighted by molar-refractivity contribution is 7.99. The number of amides is 1. The molecular formula is C22H24N2O5S2. The monoisotopic (exact) mass is 460 g/mol. The van der Waals surface area contributed by atoms with Crippen LogP contribution in [-0.4, -0.2) is 61.3 Å². The van der Waals surface area contributed by atoms with Crippen molar-refractivity contribution in [3.63, 3.8) is 0 Å². The maximum atomic E-state index is 12.6. The lowest BCUT2D eigenvalue weighted by Crippen LogP contribution is -2.42. The standard InChI is InChI=1S/C22H24N2O5S2/c1-23(2)31(27,28)19-10-6-9-18(13-19)14-29-22(26)20-15-30-16-24(20)21(25)12-11-17-7-4-3-5-8-17/h3-13,20H,14-16H2,1-2H3. The largest absolute Gasteiger partial charge is 0.459 e. The summed E-state index contributed by atoms with van der Waals surface area (Å²) < 4.78 is 31.1. The van der Waals surface area contributed by atoms with Gasteiger partial charge in [0.1, 0.15) is 12.6 Å². The first kappa shape index (κ1) is 23.1. The highest BCUT2D eigenvalue weighted by atomic mass is 32.2. The van der Waals surface area contributed by atoms with Crippen molar-refractivity contribution in [1.29, 1.82) is 0 Å². The van der Waals surface area contributed by atoms with Gasteiger partial charge in [-0.15, -0.1) is 11.8 Å². The van der Waals surface area contributed by atoms with Crippen LogP contribution in [0.4, 0.5) is 0 Å². The molecule has 1 aliphatic rings. The molecule has 0 N–H and O–H groups in total. The van der Waals surface area contributed by atoms with Crippen molar-refractivity contribution in [2.45, 2.75) is 17.5 Å². The van der Waals surface area contributed by atoms with Gasteiger partial charge in [0.2, 0.25) is 15.9 Å². The van der Waals surface area contributed by atoms with Crippen LogP contribution >= 0.6 is 11.8 Å². The van der Waals surface area contributed by atoms with Crippen LogP contribution in [0, 0.1) is 0 Å². The van der Waals surface area contributed by atoms with Crippen LogP contribution in [-0.2, 0) is 31.0 Å². The number of hydrogen-bond acceptors (Lipinski definition) is 6. The second-order valence-electron chi connectivity index (χ2n) is 7.11. The van der Waals surface area contributed by atoms with Gasteiger partial charge >= 0.3 is 5.97 Å². The molecule has 9 heteroatoms. The summed E-state index contributed by atoms with van der Waals surface area (Å²) >= 11 is 1.48. The summed E-state index contributed by atoms with van der Waals surface area (Å²) in [6, 6.07) is 15.0. The van der Waals surface area contributed by atoms with Gasteiger partial charge in [0.25, 0.3) is 0 Å². The number of esters is 1. The third-order valence-corrected chi connectivity index (χ3v) is 7.54. The van der Waals surface area contributed by atoms with E-state index in [1.54, 1.807) is 18.2 Å². The van der Waals surface area contributed by atoms with E-state index in [0.29, 0.717) is 17.2 Å². The van der Waals surface area contributed by atoms with Gasteiger partial charge in [-0.2, -0.15) is 0 Å². The molecule has 31 heavy (non-hydrogen) atoms. The van der Waals surface area contributed by atoms with Crippen molar-refractivity contribution in [2.24, 2.45) is 0 Å². The molecule has 0 bridgehead atoms. The minimum Gasteiger partial charge on any atom is -0.459 e. The zero-order chi connectivity index (χ0) is 22.4. The Morgan fingerprint density at radius 2 is 1.90 bits per heavy atom. The van der Waals surface area contributed by atoms with Crippen molar-refractivity contribution in [1.82, 2.24) is 9.21 Å². The van der Waals surface area contributed by atoms with E-state index in [1.807, 2.05) is 30.3 Å². The lowest BCUT2D eigenvalue weighted by molar-refractivity contribution is -0.152. The molecule has 0 saturated carbocycles. The van der Waals surface area contributed by atoms with E-state index in [4.69, 9.17) is 4.74 Å². The first-order valence-electron chi connectivity index (χ1n) is 9.58. The zero-order valence-electron chi connectivity index (χ0n) is 17.3. The summed E-state index contributed by atoms with van der Waals surface area (Å²) in [7, 11) is -0.662. The number of ether oxygens (including phenoxy) is 1. The maximum Gasteiger partial charge on any atom is 0.330 e. The molecule has 1 unspecified atom stereocenters. The fraction of sp³-hybridized carbons (Fsp3) is 0.273. The molecule has 0 aliphatic carbocycles. The molecule has 1 fully saturated rings. The van der Waals surface area contributed by atoms with Gasteiger partial charge in [-0.25, -0.2) is 17.5 Å². The van der Waals surface area contributed by atoms with Crippen molar-refractivity contribution in [3.8, 4) is 0 Å². The van der Waals surface area contributed by atoms with E-state index >= 15 is 0 Å². The number of sulfonamides is 1. The number of nitrogens with zero attached hydrogens (tertiary/aromatic N) is 2. The molecule has 7 nitrogen and oxygen atoms in total. The van der Waals surface area contributed by atoms with Crippen LogP contribution in [0.3, 0.4) is 0 Å². The number of hydrogen-bond donors (Lipinski definition) is 0. The summed E-state index contributed by atoms with van der Waals surface area (Å²) in [5, 5.41) is 0. The molecule has 3 rings (SSSR count). The van der Waals surface area contributed by atoms with Gasteiger partial charge in [-0.3, -0.25) is 4.79 Å². The van der Waals surface area contributed by atoms with E-state index in [9.17, 15) is 18.0 Å². The zero-order valence-corrected chi connectivity index (χ0v) is 18.9. The molecular weight excluding hydrogens is 436 g/mol. The topological polar surface area (TPSA) is 84.0 Å². The van der Waals surface area contributed by atoms with Crippen molar-refractivity contribution >= 4 is 39.7 Å². The average Bonchev–Trinajstić information content (AvgIpc) is 3.27. The fourth-order valence-corrected chi connectivity index (χ4v) is 5.06. The molecule has 0 spiro atoms. The van der Waals surface area contributed by atoms with Crippen molar-refractivity contribution < 1.29 is 22.7 Å². The lowest BCUT2D eigenvalue weighted by atomic mass is 10.2. The van der Waals surface area contributed by atoms with Gasteiger partial charge in [-0.05, 0) is 29.3 Å². The highest BCUT2D eigenvalue weighted by Gasteiger charge is 2.35. The first-order valence-corrected chi connectivity index (χ1v) is 12.2. The Kier molecular flexibility index (Phi) is 7.53. The van der Waals surface area contributed by atoms with Crippen LogP contribution in [0.5, 0.6) is 0 Å². The molecule has 2 aromatic carbocycles. The van der Waals surface area contributed by atoms with Gasteiger partial charge < -0.3 is 9.64 Å². The quantitative estimate of drug-likeness (QED) is 0.467. The summed E-state index contributed by atoms with van der Waals surface area (Å²) in [4.78, 5) is 26.8. The molecule has 1 aliphatic heterocycles. The minimum atomic E-state index is -3.57. The third-order valence-electron chi connectivity index (χ3n) is 4.71. The van der Waals surface area contributed by atoms with Gasteiger partial charge in [-0.1, -0.05) is 42.5 Å². The Hall–Kier alpha value is -2.62. The smallest absolute Gasteiger partial charge is 0.330 e. The Morgan fingerprint density at radius 1 is 1.16 bits per heavy atom. The van der Waals surface area contributed by atoms with E-state index in [0.717, 1.165) is 9.87 Å². The fourth-order valence-electron chi connectivity index (χ4n) is 2.94. The SMILES string of the molecule is CN(C)S(=O)(=O)c1cccc(COC(=O)C2CSCN2C(=O)C=Cc2ccccc2)c1. The predicted molar refractivity (Wildman–Crippen MR) is 121 cm³/mol. The molecule has 1 heterocycles. The number of rotatable bonds is 7. The summed E-state index contributed by atoms with van der Waals surface area (Å²) in [5.41, 5.74) is 1.46. The average molecular weight is 461 g/mol. The molecule has 1 amide bonds. The highest BCUT2D eigenvalue weighted by Crippen LogP contribution is 2.23. The van der Waals surface area contributed by atoms with Gasteiger partial charge in [0.15, 0.2) is 0 Å². The Balaban J connectivity index is 1.62. The van der Waals surface area contributed by atoms with Crippen LogP contribution in [0.25, 0.3) is 6.08 Å². The maximum absolute atomic E-state index is 12.6. The Bertz CT molecular complexity index is 1070. The van der Waals surface area contributed by atoms with Crippen molar-refractivity contribution in [2.75, 3.05) is 25.7 Å².